The summed E-state index contributed by atoms with van der Waals surface area (Å²) in [4.78, 5) is 28.1. The number of hydrogen-bond acceptors (Lipinski definition) is 4. The van der Waals surface area contributed by atoms with E-state index in [-0.39, 0.29) is 31.4 Å². The molecule has 2 rings (SSSR count). The van der Waals surface area contributed by atoms with Crippen molar-refractivity contribution in [2.24, 2.45) is 0 Å². The summed E-state index contributed by atoms with van der Waals surface area (Å²) in [5.41, 5.74) is 0. The van der Waals surface area contributed by atoms with Gasteiger partial charge in [0.2, 0.25) is 5.91 Å². The Hall–Kier alpha value is -1.50. The molecule has 6 nitrogen and oxygen atoms in total. The zero-order valence-corrected chi connectivity index (χ0v) is 15.8. The van der Waals surface area contributed by atoms with Crippen LogP contribution in [0.25, 0.3) is 0 Å². The highest BCUT2D eigenvalue weighted by Crippen LogP contribution is 2.27. The summed E-state index contributed by atoms with van der Waals surface area (Å²) in [5, 5.41) is 3.55. The van der Waals surface area contributed by atoms with E-state index in [1.165, 1.54) is 0 Å². The molecule has 138 valence electrons. The van der Waals surface area contributed by atoms with E-state index in [0.717, 1.165) is 32.7 Å². The van der Waals surface area contributed by atoms with Gasteiger partial charge in [-0.05, 0) is 18.7 Å². The largest absolute Gasteiger partial charge is 0.482 e. The predicted octanol–water partition coefficient (Wildman–Crippen LogP) is 2.04. The topological polar surface area (TPSA) is 61.9 Å². The van der Waals surface area contributed by atoms with Crippen molar-refractivity contribution in [2.75, 3.05) is 45.9 Å². The Morgan fingerprint density at radius 3 is 2.60 bits per heavy atom. The monoisotopic (exact) mass is 387 g/mol. The molecule has 0 unspecified atom stereocenters. The fourth-order valence-corrected chi connectivity index (χ4v) is 2.90. The molecule has 0 aromatic heterocycles. The van der Waals surface area contributed by atoms with Crippen LogP contribution >= 0.6 is 23.2 Å². The van der Waals surface area contributed by atoms with Crippen LogP contribution in [0.4, 0.5) is 0 Å². The van der Waals surface area contributed by atoms with E-state index < -0.39 is 0 Å². The van der Waals surface area contributed by atoms with Crippen LogP contribution < -0.4 is 10.1 Å². The van der Waals surface area contributed by atoms with Crippen molar-refractivity contribution in [2.45, 2.75) is 13.3 Å². The van der Waals surface area contributed by atoms with E-state index in [4.69, 9.17) is 27.9 Å². The minimum atomic E-state index is -0.306. The molecule has 2 amide bonds. The average Bonchev–Trinajstić information content (AvgIpc) is 2.62. The highest BCUT2D eigenvalue weighted by atomic mass is 35.5. The molecule has 1 fully saturated rings. The molecular weight excluding hydrogens is 365 g/mol. The molecule has 1 N–H and O–H groups in total. The number of rotatable bonds is 7. The maximum absolute atomic E-state index is 12.1. The van der Waals surface area contributed by atoms with Gasteiger partial charge in [0.25, 0.3) is 5.91 Å². The number of nitrogens with one attached hydrogen (secondary N) is 1. The molecule has 0 radical (unpaired) electrons. The number of piperazine rings is 1. The number of benzene rings is 1. The van der Waals surface area contributed by atoms with Crippen LogP contribution in [-0.4, -0.2) is 67.5 Å². The van der Waals surface area contributed by atoms with E-state index in [2.05, 4.69) is 17.1 Å². The van der Waals surface area contributed by atoms with Crippen molar-refractivity contribution >= 4 is 35.0 Å². The summed E-state index contributed by atoms with van der Waals surface area (Å²) in [6.45, 7) is 6.54. The van der Waals surface area contributed by atoms with Crippen LogP contribution in [0.2, 0.25) is 10.0 Å². The minimum Gasteiger partial charge on any atom is -0.482 e. The second-order valence-electron chi connectivity index (χ2n) is 5.78. The minimum absolute atomic E-state index is 0.0647. The van der Waals surface area contributed by atoms with Gasteiger partial charge in [-0.25, -0.2) is 0 Å². The van der Waals surface area contributed by atoms with E-state index in [9.17, 15) is 9.59 Å². The molecule has 0 aliphatic carbocycles. The lowest BCUT2D eigenvalue weighted by Gasteiger charge is -2.34. The van der Waals surface area contributed by atoms with Crippen LogP contribution in [0.5, 0.6) is 5.75 Å². The third-order valence-corrected chi connectivity index (χ3v) is 4.63. The number of likely N-dealkylation sites (N-methyl/N-ethyl adjacent to an activating group) is 1. The zero-order valence-electron chi connectivity index (χ0n) is 14.3. The SMILES string of the molecule is CCN1CCN(C(=O)CCNC(=O)COc2cc(Cl)ccc2Cl)CC1. The fraction of sp³-hybridized carbons (Fsp3) is 0.529. The Bertz CT molecular complexity index is 605. The molecule has 1 aliphatic heterocycles. The molecule has 0 spiro atoms. The first-order chi connectivity index (χ1) is 12.0. The summed E-state index contributed by atoms with van der Waals surface area (Å²) in [5.74, 6) is 0.115. The number of hydrogen-bond donors (Lipinski definition) is 1. The van der Waals surface area contributed by atoms with E-state index in [1.54, 1.807) is 18.2 Å². The summed E-state index contributed by atoms with van der Waals surface area (Å²) in [6, 6.07) is 4.80. The first kappa shape index (κ1) is 19.8. The van der Waals surface area contributed by atoms with Gasteiger partial charge in [0.1, 0.15) is 5.75 Å². The van der Waals surface area contributed by atoms with E-state index in [0.29, 0.717) is 15.8 Å². The molecule has 25 heavy (non-hydrogen) atoms. The smallest absolute Gasteiger partial charge is 0.257 e. The molecule has 1 aliphatic rings. The van der Waals surface area contributed by atoms with Crippen LogP contribution in [0.15, 0.2) is 18.2 Å². The van der Waals surface area contributed by atoms with E-state index >= 15 is 0 Å². The van der Waals surface area contributed by atoms with E-state index in [1.807, 2.05) is 4.90 Å². The third-order valence-electron chi connectivity index (χ3n) is 4.09. The number of nitrogens with zero attached hydrogens (tertiary/aromatic N) is 2. The van der Waals surface area contributed by atoms with Crippen LogP contribution in [0.1, 0.15) is 13.3 Å². The number of carbonyl (C=O) groups excluding carboxylic acids is 2. The van der Waals surface area contributed by atoms with Gasteiger partial charge in [-0.2, -0.15) is 0 Å². The predicted molar refractivity (Wildman–Crippen MR) is 98.3 cm³/mol. The van der Waals surface area contributed by atoms with Gasteiger partial charge in [0.15, 0.2) is 6.61 Å². The molecule has 1 saturated heterocycles. The number of carbonyl (C=O) groups is 2. The molecule has 0 bridgehead atoms. The molecule has 1 aromatic carbocycles. The van der Waals surface area contributed by atoms with Gasteiger partial charge in [-0.3, -0.25) is 9.59 Å². The van der Waals surface area contributed by atoms with Gasteiger partial charge in [0, 0.05) is 50.2 Å². The molecule has 1 aromatic rings. The summed E-state index contributed by atoms with van der Waals surface area (Å²) in [6.07, 6.45) is 0.287. The van der Waals surface area contributed by atoms with Gasteiger partial charge in [-0.1, -0.05) is 30.1 Å². The standard InChI is InChI=1S/C17H23Cl2N3O3/c1-2-21-7-9-22(10-8-21)17(24)5-6-20-16(23)12-25-15-11-13(18)3-4-14(15)19/h3-4,11H,2,5-10,12H2,1H3,(H,20,23). The third kappa shape index (κ3) is 6.38. The maximum atomic E-state index is 12.1. The molecular formula is C17H23Cl2N3O3. The normalized spacial score (nSPS) is 15.1. The zero-order chi connectivity index (χ0) is 18.2. The number of amides is 2. The van der Waals surface area contributed by atoms with Gasteiger partial charge < -0.3 is 19.9 Å². The van der Waals surface area contributed by atoms with Crippen molar-refractivity contribution in [3.05, 3.63) is 28.2 Å². The first-order valence-corrected chi connectivity index (χ1v) is 9.10. The van der Waals surface area contributed by atoms with Crippen molar-refractivity contribution in [3.8, 4) is 5.75 Å². The van der Waals surface area contributed by atoms with Crippen molar-refractivity contribution in [1.82, 2.24) is 15.1 Å². The fourth-order valence-electron chi connectivity index (χ4n) is 2.56. The molecule has 0 saturated carbocycles. The summed E-state index contributed by atoms with van der Waals surface area (Å²) < 4.78 is 5.35. The summed E-state index contributed by atoms with van der Waals surface area (Å²) in [7, 11) is 0. The Balaban J connectivity index is 1.65. The Kier molecular flexibility index (Phi) is 7.81. The average molecular weight is 388 g/mol. The second kappa shape index (κ2) is 9.85. The molecule has 0 atom stereocenters. The Morgan fingerprint density at radius 1 is 1.20 bits per heavy atom. The van der Waals surface area contributed by atoms with Crippen LogP contribution in [0, 0.1) is 0 Å². The van der Waals surface area contributed by atoms with Gasteiger partial charge in [-0.15, -0.1) is 0 Å². The first-order valence-electron chi connectivity index (χ1n) is 8.34. The highest BCUT2D eigenvalue weighted by Gasteiger charge is 2.19. The van der Waals surface area contributed by atoms with Crippen molar-refractivity contribution in [1.29, 1.82) is 0 Å². The Labute approximate surface area is 158 Å². The number of halogens is 2. The van der Waals surface area contributed by atoms with Crippen molar-refractivity contribution in [3.63, 3.8) is 0 Å². The summed E-state index contributed by atoms with van der Waals surface area (Å²) >= 11 is 11.8. The van der Waals surface area contributed by atoms with Crippen molar-refractivity contribution < 1.29 is 14.3 Å². The quantitative estimate of drug-likeness (QED) is 0.777. The van der Waals surface area contributed by atoms with Gasteiger partial charge in [0.05, 0.1) is 5.02 Å². The van der Waals surface area contributed by atoms with Gasteiger partial charge >= 0.3 is 0 Å². The lowest BCUT2D eigenvalue weighted by molar-refractivity contribution is -0.133. The lowest BCUT2D eigenvalue weighted by atomic mass is 10.2. The highest BCUT2D eigenvalue weighted by molar-refractivity contribution is 6.34. The molecule has 8 heteroatoms. The van der Waals surface area contributed by atoms with Crippen LogP contribution in [-0.2, 0) is 9.59 Å². The second-order valence-corrected chi connectivity index (χ2v) is 6.62. The Morgan fingerprint density at radius 2 is 1.92 bits per heavy atom. The molecule has 1 heterocycles. The maximum Gasteiger partial charge on any atom is 0.257 e. The number of ether oxygens (including phenoxy) is 1. The lowest BCUT2D eigenvalue weighted by Crippen LogP contribution is -2.49. The van der Waals surface area contributed by atoms with Crippen LogP contribution in [0.3, 0.4) is 0 Å².